The minimum Gasteiger partial charge on any atom is -0.339 e. The maximum Gasteiger partial charge on any atom is 0.435 e. The van der Waals surface area contributed by atoms with Crippen molar-refractivity contribution in [3.63, 3.8) is 0 Å². The molecule has 0 bridgehead atoms. The molecule has 0 aliphatic rings. The van der Waals surface area contributed by atoms with E-state index in [2.05, 4.69) is 15.2 Å². The fraction of sp³-hybridized carbons (Fsp3) is 0.273. The lowest BCUT2D eigenvalue weighted by Gasteiger charge is -2.20. The molecule has 0 spiro atoms. The zero-order chi connectivity index (χ0) is 23.0. The predicted octanol–water partition coefficient (Wildman–Crippen LogP) is 4.32. The van der Waals surface area contributed by atoms with Gasteiger partial charge in [0.15, 0.2) is 11.3 Å². The first-order chi connectivity index (χ1) is 15.3. The van der Waals surface area contributed by atoms with Crippen LogP contribution in [0, 0.1) is 0 Å². The quantitative estimate of drug-likeness (QED) is 0.462. The lowest BCUT2D eigenvalue weighted by molar-refractivity contribution is -0.140. The monoisotopic (exact) mass is 442 g/mol. The molecule has 0 radical (unpaired) electrons. The van der Waals surface area contributed by atoms with Crippen molar-refractivity contribution in [1.82, 2.24) is 29.4 Å². The second-order valence-corrected chi connectivity index (χ2v) is 7.16. The number of hydrogen-bond donors (Lipinski definition) is 0. The maximum atomic E-state index is 14.1. The van der Waals surface area contributed by atoms with Gasteiger partial charge >= 0.3 is 6.18 Å². The first-order valence-electron chi connectivity index (χ1n) is 10.1. The van der Waals surface area contributed by atoms with Gasteiger partial charge in [0.25, 0.3) is 5.91 Å². The van der Waals surface area contributed by atoms with E-state index in [1.54, 1.807) is 68.2 Å². The number of halogens is 3. The van der Waals surface area contributed by atoms with Crippen molar-refractivity contribution >= 4 is 16.9 Å². The van der Waals surface area contributed by atoms with Gasteiger partial charge in [0.1, 0.15) is 0 Å². The van der Waals surface area contributed by atoms with Crippen LogP contribution in [-0.2, 0) is 13.2 Å². The Morgan fingerprint density at radius 3 is 2.34 bits per heavy atom. The fourth-order valence-corrected chi connectivity index (χ4v) is 3.67. The number of pyridine rings is 1. The third-order valence-electron chi connectivity index (χ3n) is 5.27. The molecule has 1 amide bonds. The van der Waals surface area contributed by atoms with Crippen molar-refractivity contribution in [3.8, 4) is 17.1 Å². The number of benzene rings is 1. The molecule has 0 fully saturated rings. The Bertz CT molecular complexity index is 1270. The Morgan fingerprint density at radius 1 is 1.09 bits per heavy atom. The number of alkyl halides is 3. The molecule has 166 valence electrons. The summed E-state index contributed by atoms with van der Waals surface area (Å²) >= 11 is 0. The second kappa shape index (κ2) is 8.10. The highest BCUT2D eigenvalue weighted by Crippen LogP contribution is 2.38. The lowest BCUT2D eigenvalue weighted by atomic mass is 10.1. The second-order valence-electron chi connectivity index (χ2n) is 7.16. The average Bonchev–Trinajstić information content (AvgIpc) is 3.38. The molecule has 3 heterocycles. The van der Waals surface area contributed by atoms with Crippen LogP contribution >= 0.6 is 0 Å². The number of aryl methyl sites for hydroxylation is 1. The average molecular weight is 442 g/mol. The molecule has 7 nitrogen and oxygen atoms in total. The van der Waals surface area contributed by atoms with Gasteiger partial charge in [0.2, 0.25) is 0 Å². The van der Waals surface area contributed by atoms with Crippen LogP contribution in [-0.4, -0.2) is 48.4 Å². The van der Waals surface area contributed by atoms with Crippen LogP contribution in [0.2, 0.25) is 0 Å². The van der Waals surface area contributed by atoms with Gasteiger partial charge in [-0.25, -0.2) is 9.67 Å². The molecular weight excluding hydrogens is 421 g/mol. The van der Waals surface area contributed by atoms with E-state index in [1.807, 2.05) is 0 Å². The van der Waals surface area contributed by atoms with E-state index in [4.69, 9.17) is 0 Å². The molecule has 4 rings (SSSR count). The zero-order valence-corrected chi connectivity index (χ0v) is 17.8. The molecule has 0 saturated carbocycles. The number of fused-ring (bicyclic) bond motifs is 1. The van der Waals surface area contributed by atoms with E-state index >= 15 is 0 Å². The molecule has 3 aromatic heterocycles. The molecule has 0 atom stereocenters. The Balaban J connectivity index is 2.13. The van der Waals surface area contributed by atoms with E-state index < -0.39 is 17.8 Å². The molecule has 4 aromatic rings. The van der Waals surface area contributed by atoms with Crippen molar-refractivity contribution in [3.05, 3.63) is 59.9 Å². The molecule has 1 aromatic carbocycles. The number of hydrogen-bond acceptors (Lipinski definition) is 4. The van der Waals surface area contributed by atoms with Crippen molar-refractivity contribution in [1.29, 1.82) is 0 Å². The summed E-state index contributed by atoms with van der Waals surface area (Å²) in [4.78, 5) is 19.3. The molecule has 32 heavy (non-hydrogen) atoms. The Hall–Kier alpha value is -3.69. The van der Waals surface area contributed by atoms with Crippen molar-refractivity contribution in [2.45, 2.75) is 20.0 Å². The molecule has 0 aliphatic carbocycles. The summed E-state index contributed by atoms with van der Waals surface area (Å²) in [5.74, 6) is -0.510. The van der Waals surface area contributed by atoms with Gasteiger partial charge in [-0.15, -0.1) is 0 Å². The molecule has 0 N–H and O–H groups in total. The molecule has 0 unspecified atom stereocenters. The normalized spacial score (nSPS) is 11.8. The summed E-state index contributed by atoms with van der Waals surface area (Å²) in [6.45, 7) is 4.27. The number of rotatable bonds is 5. The number of carbonyl (C=O) groups is 1. The first kappa shape index (κ1) is 21.5. The number of aromatic nitrogens is 5. The van der Waals surface area contributed by atoms with Gasteiger partial charge in [-0.1, -0.05) is 18.2 Å². The van der Waals surface area contributed by atoms with Gasteiger partial charge in [0.05, 0.1) is 28.0 Å². The van der Waals surface area contributed by atoms with Crippen LogP contribution in [0.1, 0.15) is 29.9 Å². The van der Waals surface area contributed by atoms with E-state index in [-0.39, 0.29) is 16.6 Å². The highest BCUT2D eigenvalue weighted by atomic mass is 19.4. The standard InChI is InChI=1S/C22H21F3N6O/c1-4-30(5-2)21(32)15-13-16(17-11-12-26-29(17)3)27-20-18(15)19(22(23,24)25)28-31(20)14-9-7-6-8-10-14/h6-13H,4-5H2,1-3H3. The van der Waals surface area contributed by atoms with Gasteiger partial charge < -0.3 is 4.90 Å². The van der Waals surface area contributed by atoms with E-state index in [0.29, 0.717) is 30.2 Å². The highest BCUT2D eigenvalue weighted by Gasteiger charge is 2.40. The topological polar surface area (TPSA) is 68.8 Å². The van der Waals surface area contributed by atoms with Crippen LogP contribution in [0.25, 0.3) is 28.1 Å². The molecule has 10 heteroatoms. The predicted molar refractivity (Wildman–Crippen MR) is 113 cm³/mol. The number of carbonyl (C=O) groups excluding carboxylic acids is 1. The summed E-state index contributed by atoms with van der Waals surface area (Å²) in [6, 6.07) is 11.5. The minimum absolute atomic E-state index is 0.0438. The SMILES string of the molecule is CCN(CC)C(=O)c1cc(-c2ccnn2C)nc2c1c(C(F)(F)F)nn2-c1ccccc1. The van der Waals surface area contributed by atoms with Crippen molar-refractivity contribution < 1.29 is 18.0 Å². The smallest absolute Gasteiger partial charge is 0.339 e. The number of para-hydroxylation sites is 1. The van der Waals surface area contributed by atoms with E-state index in [9.17, 15) is 18.0 Å². The van der Waals surface area contributed by atoms with Crippen LogP contribution in [0.3, 0.4) is 0 Å². The van der Waals surface area contributed by atoms with E-state index in [0.717, 1.165) is 4.68 Å². The summed E-state index contributed by atoms with van der Waals surface area (Å²) in [5, 5.41) is 7.67. The third kappa shape index (κ3) is 3.61. The summed E-state index contributed by atoms with van der Waals surface area (Å²) < 4.78 is 44.8. The van der Waals surface area contributed by atoms with E-state index in [1.165, 1.54) is 11.0 Å². The van der Waals surface area contributed by atoms with Gasteiger partial charge in [-0.2, -0.15) is 23.4 Å². The van der Waals surface area contributed by atoms with Gasteiger partial charge in [-0.3, -0.25) is 9.48 Å². The Morgan fingerprint density at radius 2 is 1.78 bits per heavy atom. The number of nitrogens with zero attached hydrogens (tertiary/aromatic N) is 6. The van der Waals surface area contributed by atoms with Gasteiger partial charge in [-0.05, 0) is 38.1 Å². The molecule has 0 saturated heterocycles. The fourth-order valence-electron chi connectivity index (χ4n) is 3.67. The van der Waals surface area contributed by atoms with Crippen LogP contribution in [0.4, 0.5) is 13.2 Å². The Labute approximate surface area is 182 Å². The molecule has 0 aliphatic heterocycles. The lowest BCUT2D eigenvalue weighted by Crippen LogP contribution is -2.31. The zero-order valence-electron chi connectivity index (χ0n) is 17.8. The van der Waals surface area contributed by atoms with Crippen LogP contribution < -0.4 is 0 Å². The van der Waals surface area contributed by atoms with Crippen LogP contribution in [0.15, 0.2) is 48.7 Å². The minimum atomic E-state index is -4.77. The number of amides is 1. The summed E-state index contributed by atoms with van der Waals surface area (Å²) in [5.41, 5.74) is 0.0237. The highest BCUT2D eigenvalue weighted by molar-refractivity contribution is 6.08. The summed E-state index contributed by atoms with van der Waals surface area (Å²) in [7, 11) is 1.70. The van der Waals surface area contributed by atoms with Crippen molar-refractivity contribution in [2.24, 2.45) is 7.05 Å². The van der Waals surface area contributed by atoms with Crippen LogP contribution in [0.5, 0.6) is 0 Å². The van der Waals surface area contributed by atoms with Gasteiger partial charge in [0, 0.05) is 26.3 Å². The maximum absolute atomic E-state index is 14.1. The summed E-state index contributed by atoms with van der Waals surface area (Å²) in [6.07, 6.45) is -3.21. The Kier molecular flexibility index (Phi) is 5.45. The third-order valence-corrected chi connectivity index (χ3v) is 5.27. The largest absolute Gasteiger partial charge is 0.435 e. The first-order valence-corrected chi connectivity index (χ1v) is 10.1. The van der Waals surface area contributed by atoms with Crippen molar-refractivity contribution in [2.75, 3.05) is 13.1 Å². The molecular formula is C22H21F3N6O.